The fourth-order valence-corrected chi connectivity index (χ4v) is 2.05. The van der Waals surface area contributed by atoms with Crippen LogP contribution in [0.2, 0.25) is 0 Å². The summed E-state index contributed by atoms with van der Waals surface area (Å²) in [5.74, 6) is -0.125. The van der Waals surface area contributed by atoms with Gasteiger partial charge in [-0.1, -0.05) is 0 Å². The van der Waals surface area contributed by atoms with Gasteiger partial charge < -0.3 is 10.8 Å². The van der Waals surface area contributed by atoms with Crippen LogP contribution in [-0.2, 0) is 12.8 Å². The minimum absolute atomic E-state index is 0.0675. The van der Waals surface area contributed by atoms with Crippen molar-refractivity contribution in [3.05, 3.63) is 28.8 Å². The monoisotopic (exact) mass is 205 g/mol. The number of aromatic hydroxyl groups is 1. The topological polar surface area (TPSA) is 63.3 Å². The van der Waals surface area contributed by atoms with Crippen molar-refractivity contribution in [2.45, 2.75) is 32.2 Å². The van der Waals surface area contributed by atoms with Crippen molar-refractivity contribution < 1.29 is 9.90 Å². The molecule has 0 aliphatic heterocycles. The largest absolute Gasteiger partial charge is 0.507 e. The van der Waals surface area contributed by atoms with Crippen molar-refractivity contribution in [3.63, 3.8) is 0 Å². The van der Waals surface area contributed by atoms with Gasteiger partial charge in [-0.2, -0.15) is 0 Å². The van der Waals surface area contributed by atoms with E-state index in [0.29, 0.717) is 5.56 Å². The summed E-state index contributed by atoms with van der Waals surface area (Å²) in [7, 11) is 0. The molecule has 0 bridgehead atoms. The second-order valence-electron chi connectivity index (χ2n) is 4.14. The third-order valence-corrected chi connectivity index (χ3v) is 2.89. The van der Waals surface area contributed by atoms with Gasteiger partial charge in [-0.3, -0.25) is 4.79 Å². The molecule has 3 N–H and O–H groups in total. The summed E-state index contributed by atoms with van der Waals surface area (Å²) in [6, 6.07) is 2.94. The van der Waals surface area contributed by atoms with Crippen molar-refractivity contribution >= 4 is 5.78 Å². The highest BCUT2D eigenvalue weighted by Gasteiger charge is 2.20. The predicted molar refractivity (Wildman–Crippen MR) is 58.1 cm³/mol. The number of fused-ring (bicyclic) bond motifs is 1. The summed E-state index contributed by atoms with van der Waals surface area (Å²) in [6.45, 7) is 1.63. The van der Waals surface area contributed by atoms with E-state index >= 15 is 0 Å². The fourth-order valence-electron chi connectivity index (χ4n) is 2.05. The zero-order chi connectivity index (χ0) is 11.0. The van der Waals surface area contributed by atoms with Gasteiger partial charge in [-0.15, -0.1) is 0 Å². The highest BCUT2D eigenvalue weighted by atomic mass is 16.3. The number of Topliss-reactive ketones (excluding diaryl/α,β-unsaturated/α-hetero) is 1. The molecule has 1 atom stereocenters. The molecule has 1 aliphatic rings. The SMILES string of the molecule is CC(N)C(=O)c1cc2c(cc1O)CCC2. The van der Waals surface area contributed by atoms with Crippen LogP contribution in [0.15, 0.2) is 12.1 Å². The molecule has 0 amide bonds. The lowest BCUT2D eigenvalue weighted by Gasteiger charge is -2.09. The quantitative estimate of drug-likeness (QED) is 0.717. The van der Waals surface area contributed by atoms with Crippen LogP contribution < -0.4 is 5.73 Å². The van der Waals surface area contributed by atoms with E-state index in [4.69, 9.17) is 5.73 Å². The Morgan fingerprint density at radius 2 is 2.00 bits per heavy atom. The smallest absolute Gasteiger partial charge is 0.182 e. The molecule has 0 heterocycles. The maximum atomic E-state index is 11.7. The normalized spacial score (nSPS) is 16.1. The summed E-state index contributed by atoms with van der Waals surface area (Å²) in [5, 5.41) is 9.72. The Labute approximate surface area is 88.9 Å². The molecular weight excluding hydrogens is 190 g/mol. The molecule has 0 saturated heterocycles. The molecule has 0 aromatic heterocycles. The molecule has 1 aliphatic carbocycles. The van der Waals surface area contributed by atoms with Crippen molar-refractivity contribution in [3.8, 4) is 5.75 Å². The zero-order valence-corrected chi connectivity index (χ0v) is 8.79. The lowest BCUT2D eigenvalue weighted by molar-refractivity contribution is 0.0965. The van der Waals surface area contributed by atoms with Crippen LogP contribution in [0.1, 0.15) is 34.8 Å². The van der Waals surface area contributed by atoms with E-state index in [2.05, 4.69) is 0 Å². The number of carbonyl (C=O) groups excluding carboxylic acids is 1. The molecular formula is C12H15NO2. The first kappa shape index (κ1) is 10.2. The van der Waals surface area contributed by atoms with E-state index in [9.17, 15) is 9.90 Å². The van der Waals surface area contributed by atoms with E-state index in [1.807, 2.05) is 0 Å². The first-order valence-electron chi connectivity index (χ1n) is 5.24. The number of hydrogen-bond donors (Lipinski definition) is 2. The first-order valence-corrected chi connectivity index (χ1v) is 5.24. The molecule has 1 aromatic carbocycles. The molecule has 80 valence electrons. The maximum absolute atomic E-state index is 11.7. The van der Waals surface area contributed by atoms with Crippen molar-refractivity contribution in [2.24, 2.45) is 5.73 Å². The summed E-state index contributed by atoms with van der Waals surface area (Å²) in [6.07, 6.45) is 3.09. The van der Waals surface area contributed by atoms with E-state index in [1.54, 1.807) is 19.1 Å². The highest BCUT2D eigenvalue weighted by Crippen LogP contribution is 2.29. The van der Waals surface area contributed by atoms with E-state index in [1.165, 1.54) is 5.56 Å². The summed E-state index contributed by atoms with van der Waals surface area (Å²) in [4.78, 5) is 11.7. The number of aryl methyl sites for hydroxylation is 2. The van der Waals surface area contributed by atoms with Gasteiger partial charge in [0.1, 0.15) is 5.75 Å². The van der Waals surface area contributed by atoms with Gasteiger partial charge in [-0.25, -0.2) is 0 Å². The first-order chi connectivity index (χ1) is 7.09. The molecule has 0 fully saturated rings. The van der Waals surface area contributed by atoms with Gasteiger partial charge in [0.05, 0.1) is 11.6 Å². The Morgan fingerprint density at radius 3 is 2.60 bits per heavy atom. The van der Waals surface area contributed by atoms with Crippen LogP contribution in [0.25, 0.3) is 0 Å². The summed E-state index contributed by atoms with van der Waals surface area (Å²) >= 11 is 0. The van der Waals surface area contributed by atoms with Gasteiger partial charge in [0.25, 0.3) is 0 Å². The molecule has 15 heavy (non-hydrogen) atoms. The number of hydrogen-bond acceptors (Lipinski definition) is 3. The van der Waals surface area contributed by atoms with Crippen LogP contribution >= 0.6 is 0 Å². The minimum atomic E-state index is -0.560. The molecule has 1 aromatic rings. The lowest BCUT2D eigenvalue weighted by atomic mass is 9.99. The molecule has 2 rings (SSSR count). The van der Waals surface area contributed by atoms with Crippen LogP contribution in [-0.4, -0.2) is 16.9 Å². The van der Waals surface area contributed by atoms with Crippen LogP contribution in [0.5, 0.6) is 5.75 Å². The fraction of sp³-hybridized carbons (Fsp3) is 0.417. The van der Waals surface area contributed by atoms with Crippen molar-refractivity contribution in [1.82, 2.24) is 0 Å². The van der Waals surface area contributed by atoms with Gasteiger partial charge >= 0.3 is 0 Å². The Morgan fingerprint density at radius 1 is 1.40 bits per heavy atom. The second kappa shape index (κ2) is 3.66. The average molecular weight is 205 g/mol. The molecule has 0 spiro atoms. The molecule has 1 unspecified atom stereocenters. The number of benzene rings is 1. The Bertz CT molecular complexity index is 410. The minimum Gasteiger partial charge on any atom is -0.507 e. The van der Waals surface area contributed by atoms with Gasteiger partial charge in [0.2, 0.25) is 0 Å². The van der Waals surface area contributed by atoms with Gasteiger partial charge in [0.15, 0.2) is 5.78 Å². The van der Waals surface area contributed by atoms with E-state index < -0.39 is 6.04 Å². The van der Waals surface area contributed by atoms with Gasteiger partial charge in [-0.05, 0) is 49.4 Å². The van der Waals surface area contributed by atoms with Crippen LogP contribution in [0.3, 0.4) is 0 Å². The van der Waals surface area contributed by atoms with Crippen molar-refractivity contribution in [2.75, 3.05) is 0 Å². The number of ketones is 1. The summed E-state index contributed by atoms with van der Waals surface area (Å²) in [5.41, 5.74) is 8.23. The number of phenolic OH excluding ortho intramolecular Hbond substituents is 1. The van der Waals surface area contributed by atoms with Gasteiger partial charge in [0, 0.05) is 0 Å². The van der Waals surface area contributed by atoms with E-state index in [-0.39, 0.29) is 11.5 Å². The number of rotatable bonds is 2. The maximum Gasteiger partial charge on any atom is 0.182 e. The average Bonchev–Trinajstić information content (AvgIpc) is 2.62. The summed E-state index contributed by atoms with van der Waals surface area (Å²) < 4.78 is 0. The Kier molecular flexibility index (Phi) is 2.49. The van der Waals surface area contributed by atoms with E-state index in [0.717, 1.165) is 24.8 Å². The van der Waals surface area contributed by atoms with Crippen LogP contribution in [0.4, 0.5) is 0 Å². The number of phenols is 1. The van der Waals surface area contributed by atoms with Crippen molar-refractivity contribution in [1.29, 1.82) is 0 Å². The molecule has 0 radical (unpaired) electrons. The predicted octanol–water partition coefficient (Wildman–Crippen LogP) is 1.41. The van der Waals surface area contributed by atoms with Crippen LogP contribution in [0, 0.1) is 0 Å². The Balaban J connectivity index is 2.45. The molecule has 0 saturated carbocycles. The highest BCUT2D eigenvalue weighted by molar-refractivity contribution is 6.02. The second-order valence-corrected chi connectivity index (χ2v) is 4.14. The lowest BCUT2D eigenvalue weighted by Crippen LogP contribution is -2.26. The standard InChI is InChI=1S/C12H15NO2/c1-7(13)12(15)10-5-8-3-2-4-9(8)6-11(10)14/h5-7,14H,2-4,13H2,1H3. The molecule has 3 nitrogen and oxygen atoms in total. The zero-order valence-electron chi connectivity index (χ0n) is 8.79. The number of carbonyl (C=O) groups is 1. The number of nitrogens with two attached hydrogens (primary N) is 1. The third kappa shape index (κ3) is 1.75. The molecule has 3 heteroatoms. The third-order valence-electron chi connectivity index (χ3n) is 2.89. The Hall–Kier alpha value is -1.35.